The average molecular weight is 309 g/mol. The van der Waals surface area contributed by atoms with Crippen molar-refractivity contribution in [3.8, 4) is 5.75 Å². The van der Waals surface area contributed by atoms with E-state index in [0.29, 0.717) is 0 Å². The van der Waals surface area contributed by atoms with Crippen LogP contribution < -0.4 is 0 Å². The number of phenols is 1. The Morgan fingerprint density at radius 3 is 2.26 bits per heavy atom. The predicted molar refractivity (Wildman–Crippen MR) is 93.7 cm³/mol. The van der Waals surface area contributed by atoms with Crippen LogP contribution in [0.4, 0.5) is 0 Å². The summed E-state index contributed by atoms with van der Waals surface area (Å²) in [7, 11) is 0. The fourth-order valence-corrected chi connectivity index (χ4v) is 2.67. The second kappa shape index (κ2) is 7.29. The lowest BCUT2D eigenvalue weighted by molar-refractivity contribution is 0.131. The molecule has 0 aromatic heterocycles. The van der Waals surface area contributed by atoms with Gasteiger partial charge >= 0.3 is 0 Å². The van der Waals surface area contributed by atoms with Gasteiger partial charge in [0.15, 0.2) is 0 Å². The van der Waals surface area contributed by atoms with E-state index in [1.165, 1.54) is 11.1 Å². The zero-order valence-electron chi connectivity index (χ0n) is 13.5. The Morgan fingerprint density at radius 2 is 1.61 bits per heavy atom. The number of hydrogen-bond acceptors (Lipinski definition) is 4. The van der Waals surface area contributed by atoms with E-state index in [-0.39, 0.29) is 5.75 Å². The zero-order chi connectivity index (χ0) is 16.1. The number of piperazine rings is 1. The van der Waals surface area contributed by atoms with Crippen molar-refractivity contribution in [3.05, 3.63) is 65.2 Å². The number of aromatic hydroxyl groups is 1. The lowest BCUT2D eigenvalue weighted by atomic mass is 10.1. The van der Waals surface area contributed by atoms with Crippen molar-refractivity contribution >= 4 is 6.21 Å². The highest BCUT2D eigenvalue weighted by atomic mass is 16.3. The van der Waals surface area contributed by atoms with E-state index in [1.54, 1.807) is 12.1 Å². The maximum Gasteiger partial charge on any atom is 0.115 e. The molecule has 1 aliphatic rings. The molecule has 0 radical (unpaired) electrons. The standard InChI is InChI=1S/C19H23N3O/c1-16-2-4-18(5-3-16)15-21-10-12-22(13-11-21)20-14-17-6-8-19(23)9-7-17/h2-9,14,23H,10-13,15H2,1H3/b20-14-. The van der Waals surface area contributed by atoms with Crippen molar-refractivity contribution in [2.24, 2.45) is 5.10 Å². The molecule has 0 aliphatic carbocycles. The molecule has 0 bridgehead atoms. The molecule has 23 heavy (non-hydrogen) atoms. The van der Waals surface area contributed by atoms with Crippen LogP contribution in [0.3, 0.4) is 0 Å². The molecule has 120 valence electrons. The molecule has 1 aliphatic heterocycles. The molecule has 4 heteroatoms. The van der Waals surface area contributed by atoms with Gasteiger partial charge in [-0.1, -0.05) is 29.8 Å². The minimum absolute atomic E-state index is 0.284. The summed E-state index contributed by atoms with van der Waals surface area (Å²) in [6.45, 7) is 7.08. The number of rotatable bonds is 4. The van der Waals surface area contributed by atoms with Crippen LogP contribution in [0.2, 0.25) is 0 Å². The summed E-state index contributed by atoms with van der Waals surface area (Å²) >= 11 is 0. The molecule has 4 nitrogen and oxygen atoms in total. The lowest BCUT2D eigenvalue weighted by Gasteiger charge is -2.33. The SMILES string of the molecule is Cc1ccc(CN2CCN(/N=C\c3ccc(O)cc3)CC2)cc1. The van der Waals surface area contributed by atoms with Crippen molar-refractivity contribution in [3.63, 3.8) is 0 Å². The van der Waals surface area contributed by atoms with Gasteiger partial charge in [-0.25, -0.2) is 0 Å². The molecule has 0 atom stereocenters. The van der Waals surface area contributed by atoms with Gasteiger partial charge in [0, 0.05) is 32.7 Å². The van der Waals surface area contributed by atoms with Gasteiger partial charge in [-0.15, -0.1) is 0 Å². The first-order valence-electron chi connectivity index (χ1n) is 8.05. The van der Waals surface area contributed by atoms with Crippen LogP contribution in [0.5, 0.6) is 5.75 Å². The normalized spacial score (nSPS) is 16.1. The van der Waals surface area contributed by atoms with Crippen LogP contribution in [-0.4, -0.2) is 47.4 Å². The molecule has 1 saturated heterocycles. The second-order valence-electron chi connectivity index (χ2n) is 6.05. The highest BCUT2D eigenvalue weighted by Gasteiger charge is 2.15. The summed E-state index contributed by atoms with van der Waals surface area (Å²) in [5.41, 5.74) is 3.68. The third-order valence-electron chi connectivity index (χ3n) is 4.14. The van der Waals surface area contributed by atoms with E-state index in [4.69, 9.17) is 0 Å². The van der Waals surface area contributed by atoms with E-state index >= 15 is 0 Å². The molecule has 3 rings (SSSR count). The quantitative estimate of drug-likeness (QED) is 0.883. The van der Waals surface area contributed by atoms with E-state index in [9.17, 15) is 5.11 Å². The Bertz CT molecular complexity index is 641. The highest BCUT2D eigenvalue weighted by molar-refractivity contribution is 5.79. The Balaban J connectivity index is 1.48. The minimum Gasteiger partial charge on any atom is -0.508 e. The van der Waals surface area contributed by atoms with Crippen LogP contribution >= 0.6 is 0 Å². The van der Waals surface area contributed by atoms with Crippen molar-refractivity contribution in [1.29, 1.82) is 0 Å². The second-order valence-corrected chi connectivity index (χ2v) is 6.05. The van der Waals surface area contributed by atoms with Crippen LogP contribution in [0.15, 0.2) is 53.6 Å². The van der Waals surface area contributed by atoms with E-state index in [0.717, 1.165) is 38.3 Å². The number of aryl methyl sites for hydroxylation is 1. The Morgan fingerprint density at radius 1 is 0.957 bits per heavy atom. The molecular weight excluding hydrogens is 286 g/mol. The average Bonchev–Trinajstić information content (AvgIpc) is 2.58. The first kappa shape index (κ1) is 15.6. The fourth-order valence-electron chi connectivity index (χ4n) is 2.67. The Kier molecular flexibility index (Phi) is 4.93. The van der Waals surface area contributed by atoms with Gasteiger partial charge < -0.3 is 5.11 Å². The number of phenolic OH excluding ortho intramolecular Hbond substituents is 1. The van der Waals surface area contributed by atoms with Gasteiger partial charge in [0.05, 0.1) is 6.21 Å². The predicted octanol–water partition coefficient (Wildman–Crippen LogP) is 2.85. The van der Waals surface area contributed by atoms with Gasteiger partial charge in [-0.3, -0.25) is 9.91 Å². The first-order chi connectivity index (χ1) is 11.2. The molecule has 2 aromatic carbocycles. The van der Waals surface area contributed by atoms with Gasteiger partial charge in [0.25, 0.3) is 0 Å². The topological polar surface area (TPSA) is 39.1 Å². The van der Waals surface area contributed by atoms with Crippen LogP contribution in [-0.2, 0) is 6.54 Å². The molecular formula is C19H23N3O. The van der Waals surface area contributed by atoms with E-state index < -0.39 is 0 Å². The molecule has 0 saturated carbocycles. The minimum atomic E-state index is 0.284. The van der Waals surface area contributed by atoms with Crippen LogP contribution in [0.25, 0.3) is 0 Å². The number of benzene rings is 2. The van der Waals surface area contributed by atoms with Gasteiger partial charge in [-0.05, 0) is 42.3 Å². The largest absolute Gasteiger partial charge is 0.508 e. The summed E-state index contributed by atoms with van der Waals surface area (Å²) in [6, 6.07) is 15.9. The Hall–Kier alpha value is -2.33. The highest BCUT2D eigenvalue weighted by Crippen LogP contribution is 2.11. The third-order valence-corrected chi connectivity index (χ3v) is 4.14. The summed E-state index contributed by atoms with van der Waals surface area (Å²) in [4.78, 5) is 2.47. The fraction of sp³-hybridized carbons (Fsp3) is 0.316. The van der Waals surface area contributed by atoms with Gasteiger partial charge in [-0.2, -0.15) is 5.10 Å². The lowest BCUT2D eigenvalue weighted by Crippen LogP contribution is -2.43. The molecule has 1 heterocycles. The van der Waals surface area contributed by atoms with Crippen molar-refractivity contribution < 1.29 is 5.11 Å². The zero-order valence-corrected chi connectivity index (χ0v) is 13.5. The summed E-state index contributed by atoms with van der Waals surface area (Å²) < 4.78 is 0. The maximum absolute atomic E-state index is 9.28. The summed E-state index contributed by atoms with van der Waals surface area (Å²) in [5, 5.41) is 15.9. The molecule has 1 N–H and O–H groups in total. The molecule has 0 spiro atoms. The monoisotopic (exact) mass is 309 g/mol. The van der Waals surface area contributed by atoms with Crippen molar-refractivity contribution in [2.75, 3.05) is 26.2 Å². The Labute approximate surface area is 137 Å². The van der Waals surface area contributed by atoms with Crippen molar-refractivity contribution in [2.45, 2.75) is 13.5 Å². The third kappa shape index (κ3) is 4.57. The molecule has 1 fully saturated rings. The first-order valence-corrected chi connectivity index (χ1v) is 8.05. The van der Waals surface area contributed by atoms with E-state index in [1.807, 2.05) is 18.3 Å². The number of hydrogen-bond donors (Lipinski definition) is 1. The number of hydrazone groups is 1. The number of nitrogens with zero attached hydrogens (tertiary/aromatic N) is 3. The van der Waals surface area contributed by atoms with Crippen LogP contribution in [0.1, 0.15) is 16.7 Å². The molecule has 2 aromatic rings. The summed E-state index contributed by atoms with van der Waals surface area (Å²) in [5.74, 6) is 0.284. The smallest absolute Gasteiger partial charge is 0.115 e. The maximum atomic E-state index is 9.28. The van der Waals surface area contributed by atoms with E-state index in [2.05, 4.69) is 46.2 Å². The van der Waals surface area contributed by atoms with Crippen molar-refractivity contribution in [1.82, 2.24) is 9.91 Å². The van der Waals surface area contributed by atoms with Crippen LogP contribution in [0, 0.1) is 6.92 Å². The molecule has 0 amide bonds. The summed E-state index contributed by atoms with van der Waals surface area (Å²) in [6.07, 6.45) is 1.86. The van der Waals surface area contributed by atoms with Gasteiger partial charge in [0.2, 0.25) is 0 Å². The van der Waals surface area contributed by atoms with Gasteiger partial charge in [0.1, 0.15) is 5.75 Å². The molecule has 0 unspecified atom stereocenters.